The molecule has 2 heterocycles. The fraction of sp³-hybridized carbons (Fsp3) is 0.500. The summed E-state index contributed by atoms with van der Waals surface area (Å²) in [6, 6.07) is 2.20. The van der Waals surface area contributed by atoms with E-state index in [-0.39, 0.29) is 13.0 Å². The maximum Gasteiger partial charge on any atom is 0.312 e. The lowest BCUT2D eigenvalue weighted by Crippen LogP contribution is -2.50. The van der Waals surface area contributed by atoms with Crippen molar-refractivity contribution in [2.45, 2.75) is 44.1 Å². The Kier molecular flexibility index (Phi) is 4.81. The smallest absolute Gasteiger partial charge is 0.312 e. The molecule has 1 aliphatic rings. The van der Waals surface area contributed by atoms with Gasteiger partial charge in [0.1, 0.15) is 5.54 Å². The third-order valence-corrected chi connectivity index (χ3v) is 4.90. The highest BCUT2D eigenvalue weighted by Gasteiger charge is 2.33. The largest absolute Gasteiger partial charge is 0.455 e. The molecule has 0 atom stereocenters. The van der Waals surface area contributed by atoms with Crippen molar-refractivity contribution in [2.75, 3.05) is 6.61 Å². The number of nitriles is 1. The maximum atomic E-state index is 12.0. The number of amides is 1. The van der Waals surface area contributed by atoms with E-state index < -0.39 is 17.4 Å². The summed E-state index contributed by atoms with van der Waals surface area (Å²) in [6.45, 7) is -0.371. The molecule has 8 heteroatoms. The molecule has 2 aromatic rings. The first-order valence-electron chi connectivity index (χ1n) is 7.89. The zero-order valence-corrected chi connectivity index (χ0v) is 14.0. The lowest BCUT2D eigenvalue weighted by atomic mass is 9.83. The van der Waals surface area contributed by atoms with Crippen molar-refractivity contribution in [3.63, 3.8) is 0 Å². The minimum absolute atomic E-state index is 0.0189. The Morgan fingerprint density at radius 1 is 1.42 bits per heavy atom. The molecule has 0 bridgehead atoms. The second-order valence-corrected chi connectivity index (χ2v) is 6.84. The van der Waals surface area contributed by atoms with Gasteiger partial charge in [0, 0.05) is 17.8 Å². The van der Waals surface area contributed by atoms with E-state index in [0.29, 0.717) is 18.5 Å². The van der Waals surface area contributed by atoms with Gasteiger partial charge in [-0.2, -0.15) is 5.26 Å². The second kappa shape index (κ2) is 7.01. The van der Waals surface area contributed by atoms with Crippen LogP contribution in [-0.2, 0) is 20.7 Å². The van der Waals surface area contributed by atoms with Crippen LogP contribution < -0.4 is 5.32 Å². The van der Waals surface area contributed by atoms with Crippen LogP contribution in [0.4, 0.5) is 0 Å². The van der Waals surface area contributed by atoms with Crippen LogP contribution in [0.15, 0.2) is 17.8 Å². The zero-order chi connectivity index (χ0) is 17.0. The number of aromatic nitrogens is 2. The van der Waals surface area contributed by atoms with Gasteiger partial charge in [-0.05, 0) is 12.8 Å². The molecule has 0 unspecified atom stereocenters. The molecular weight excluding hydrogens is 328 g/mol. The van der Waals surface area contributed by atoms with Crippen LogP contribution >= 0.6 is 11.3 Å². The molecule has 1 amide bonds. The van der Waals surface area contributed by atoms with E-state index >= 15 is 0 Å². The number of fused-ring (bicyclic) bond motifs is 1. The van der Waals surface area contributed by atoms with E-state index in [1.807, 2.05) is 16.0 Å². The SMILES string of the molecule is N#CC1(NC(=O)COC(=O)Cc2cn3ccsc3n2)CCCCC1. The summed E-state index contributed by atoms with van der Waals surface area (Å²) >= 11 is 1.48. The first-order valence-corrected chi connectivity index (χ1v) is 8.77. The first kappa shape index (κ1) is 16.5. The zero-order valence-electron chi connectivity index (χ0n) is 13.2. The highest BCUT2D eigenvalue weighted by Crippen LogP contribution is 2.27. The van der Waals surface area contributed by atoms with Crippen molar-refractivity contribution in [1.29, 1.82) is 5.26 Å². The predicted molar refractivity (Wildman–Crippen MR) is 87.3 cm³/mol. The quantitative estimate of drug-likeness (QED) is 0.833. The highest BCUT2D eigenvalue weighted by atomic mass is 32.1. The third kappa shape index (κ3) is 3.74. The van der Waals surface area contributed by atoms with Gasteiger partial charge in [0.05, 0.1) is 18.2 Å². The number of esters is 1. The van der Waals surface area contributed by atoms with Crippen LogP contribution in [0.5, 0.6) is 0 Å². The Morgan fingerprint density at radius 2 is 2.21 bits per heavy atom. The van der Waals surface area contributed by atoms with Crippen LogP contribution in [0.3, 0.4) is 0 Å². The molecule has 0 saturated heterocycles. The molecule has 1 fully saturated rings. The Bertz CT molecular complexity index is 754. The second-order valence-electron chi connectivity index (χ2n) is 5.97. The average Bonchev–Trinajstić information content (AvgIpc) is 3.15. The minimum atomic E-state index is -0.810. The van der Waals surface area contributed by atoms with Crippen molar-refractivity contribution >= 4 is 28.2 Å². The standard InChI is InChI=1S/C16H18N4O3S/c17-11-16(4-2-1-3-5-16)19-13(21)10-23-14(22)8-12-9-20-6-7-24-15(20)18-12/h6-7,9H,1-5,8,10H2,(H,19,21). The van der Waals surface area contributed by atoms with Gasteiger partial charge >= 0.3 is 5.97 Å². The van der Waals surface area contributed by atoms with E-state index in [2.05, 4.69) is 16.4 Å². The molecular formula is C16H18N4O3S. The van der Waals surface area contributed by atoms with Gasteiger partial charge in [-0.15, -0.1) is 11.3 Å². The number of hydrogen-bond acceptors (Lipinski definition) is 6. The molecule has 126 valence electrons. The lowest BCUT2D eigenvalue weighted by Gasteiger charge is -2.31. The normalized spacial score (nSPS) is 16.5. The van der Waals surface area contributed by atoms with Crippen LogP contribution in [-0.4, -0.2) is 33.4 Å². The van der Waals surface area contributed by atoms with Crippen molar-refractivity contribution in [2.24, 2.45) is 0 Å². The van der Waals surface area contributed by atoms with E-state index in [1.54, 1.807) is 6.20 Å². The monoisotopic (exact) mass is 346 g/mol. The number of thiazole rings is 1. The molecule has 2 aromatic heterocycles. The maximum absolute atomic E-state index is 12.0. The highest BCUT2D eigenvalue weighted by molar-refractivity contribution is 7.15. The van der Waals surface area contributed by atoms with E-state index in [0.717, 1.165) is 24.2 Å². The number of nitrogens with one attached hydrogen (secondary N) is 1. The molecule has 1 saturated carbocycles. The molecule has 0 spiro atoms. The molecule has 24 heavy (non-hydrogen) atoms. The topological polar surface area (TPSA) is 96.5 Å². The first-order chi connectivity index (χ1) is 11.6. The number of ether oxygens (including phenoxy) is 1. The summed E-state index contributed by atoms with van der Waals surface area (Å²) in [7, 11) is 0. The van der Waals surface area contributed by atoms with Crippen LogP contribution in [0, 0.1) is 11.3 Å². The molecule has 0 radical (unpaired) electrons. The molecule has 0 aliphatic heterocycles. The Morgan fingerprint density at radius 3 is 2.92 bits per heavy atom. The van der Waals surface area contributed by atoms with Crippen molar-refractivity contribution in [3.05, 3.63) is 23.5 Å². The summed E-state index contributed by atoms with van der Waals surface area (Å²) < 4.78 is 6.84. The van der Waals surface area contributed by atoms with E-state index in [9.17, 15) is 14.9 Å². The summed E-state index contributed by atoms with van der Waals surface area (Å²) in [5, 5.41) is 14.0. The summed E-state index contributed by atoms with van der Waals surface area (Å²) in [5.41, 5.74) is -0.205. The molecule has 1 N–H and O–H groups in total. The van der Waals surface area contributed by atoms with Gasteiger partial charge in [-0.3, -0.25) is 14.0 Å². The molecule has 3 rings (SSSR count). The number of imidazole rings is 1. The van der Waals surface area contributed by atoms with Gasteiger partial charge in [-0.1, -0.05) is 19.3 Å². The Labute approximate surface area is 143 Å². The predicted octanol–water partition coefficient (Wildman–Crippen LogP) is 1.82. The number of rotatable bonds is 5. The van der Waals surface area contributed by atoms with E-state index in [1.165, 1.54) is 11.3 Å². The van der Waals surface area contributed by atoms with E-state index in [4.69, 9.17) is 4.74 Å². The molecule has 7 nitrogen and oxygen atoms in total. The van der Waals surface area contributed by atoms with Gasteiger partial charge in [0.2, 0.25) is 0 Å². The molecule has 0 aromatic carbocycles. The van der Waals surface area contributed by atoms with Crippen molar-refractivity contribution in [3.8, 4) is 6.07 Å². The average molecular weight is 346 g/mol. The number of nitrogens with zero attached hydrogens (tertiary/aromatic N) is 3. The van der Waals surface area contributed by atoms with Crippen LogP contribution in [0.2, 0.25) is 0 Å². The fourth-order valence-electron chi connectivity index (χ4n) is 2.93. The third-order valence-electron chi connectivity index (χ3n) is 4.13. The number of carbonyl (C=O) groups excluding carboxylic acids is 2. The Balaban J connectivity index is 1.47. The van der Waals surface area contributed by atoms with Gasteiger partial charge in [0.15, 0.2) is 11.6 Å². The molecule has 1 aliphatic carbocycles. The summed E-state index contributed by atoms with van der Waals surface area (Å²) in [4.78, 5) is 28.9. The van der Waals surface area contributed by atoms with Gasteiger partial charge in [-0.25, -0.2) is 4.98 Å². The van der Waals surface area contributed by atoms with Gasteiger partial charge in [0.25, 0.3) is 5.91 Å². The Hall–Kier alpha value is -2.40. The van der Waals surface area contributed by atoms with Gasteiger partial charge < -0.3 is 10.1 Å². The number of carbonyl (C=O) groups is 2. The van der Waals surface area contributed by atoms with Crippen molar-refractivity contribution in [1.82, 2.24) is 14.7 Å². The lowest BCUT2D eigenvalue weighted by molar-refractivity contribution is -0.148. The number of hydrogen-bond donors (Lipinski definition) is 1. The fourth-order valence-corrected chi connectivity index (χ4v) is 3.65. The van der Waals surface area contributed by atoms with Crippen LogP contribution in [0.25, 0.3) is 4.96 Å². The summed E-state index contributed by atoms with van der Waals surface area (Å²) in [6.07, 6.45) is 7.86. The minimum Gasteiger partial charge on any atom is -0.455 e. The summed E-state index contributed by atoms with van der Waals surface area (Å²) in [5.74, 6) is -0.942. The van der Waals surface area contributed by atoms with Crippen LogP contribution in [0.1, 0.15) is 37.8 Å². The van der Waals surface area contributed by atoms with Crippen molar-refractivity contribution < 1.29 is 14.3 Å².